The fourth-order valence-electron chi connectivity index (χ4n) is 2.05. The monoisotopic (exact) mass is 229 g/mol. The van der Waals surface area contributed by atoms with Crippen LogP contribution in [0.15, 0.2) is 30.9 Å². The van der Waals surface area contributed by atoms with E-state index in [4.69, 9.17) is 5.73 Å². The molecule has 0 radical (unpaired) electrons. The summed E-state index contributed by atoms with van der Waals surface area (Å²) in [6, 6.07) is 5.88. The maximum absolute atomic E-state index is 5.79. The van der Waals surface area contributed by atoms with Crippen molar-refractivity contribution in [1.82, 2.24) is 9.55 Å². The number of aromatic nitrogens is 2. The minimum Gasteiger partial charge on any atom is -0.399 e. The molecule has 1 heterocycles. The molecule has 0 spiro atoms. The van der Waals surface area contributed by atoms with Gasteiger partial charge in [0.25, 0.3) is 0 Å². The van der Waals surface area contributed by atoms with Gasteiger partial charge in [-0.25, -0.2) is 4.98 Å². The van der Waals surface area contributed by atoms with Crippen LogP contribution in [0.25, 0.3) is 11.0 Å². The van der Waals surface area contributed by atoms with Gasteiger partial charge in [0.05, 0.1) is 11.0 Å². The average Bonchev–Trinajstić information content (AvgIpc) is 2.55. The van der Waals surface area contributed by atoms with Gasteiger partial charge in [-0.05, 0) is 24.1 Å². The lowest BCUT2D eigenvalue weighted by atomic mass is 10.1. The highest BCUT2D eigenvalue weighted by molar-refractivity contribution is 5.79. The Morgan fingerprint density at radius 3 is 2.88 bits per heavy atom. The molecule has 0 aliphatic rings. The van der Waals surface area contributed by atoms with Crippen LogP contribution in [0.4, 0.5) is 5.69 Å². The highest BCUT2D eigenvalue weighted by atomic mass is 15.1. The van der Waals surface area contributed by atoms with E-state index in [-0.39, 0.29) is 0 Å². The molecule has 1 aromatic carbocycles. The van der Waals surface area contributed by atoms with Crippen LogP contribution in [0, 0.1) is 5.92 Å². The van der Waals surface area contributed by atoms with E-state index in [1.165, 1.54) is 0 Å². The second kappa shape index (κ2) is 4.62. The van der Waals surface area contributed by atoms with Gasteiger partial charge in [-0.1, -0.05) is 19.9 Å². The minimum atomic E-state index is 0.590. The number of anilines is 1. The van der Waals surface area contributed by atoms with Gasteiger partial charge in [-0.2, -0.15) is 0 Å². The molecule has 0 saturated carbocycles. The van der Waals surface area contributed by atoms with Gasteiger partial charge < -0.3 is 10.3 Å². The van der Waals surface area contributed by atoms with Crippen LogP contribution >= 0.6 is 0 Å². The van der Waals surface area contributed by atoms with Crippen LogP contribution in [0.2, 0.25) is 0 Å². The number of nitrogens with zero attached hydrogens (tertiary/aromatic N) is 2. The maximum Gasteiger partial charge on any atom is 0.110 e. The first-order chi connectivity index (χ1) is 8.11. The van der Waals surface area contributed by atoms with Crippen molar-refractivity contribution in [3.63, 3.8) is 0 Å². The number of benzene rings is 1. The molecule has 2 rings (SSSR count). The fraction of sp³-hybridized carbons (Fsp3) is 0.357. The zero-order valence-electron chi connectivity index (χ0n) is 10.5. The highest BCUT2D eigenvalue weighted by Gasteiger charge is 2.11. The van der Waals surface area contributed by atoms with Crippen molar-refractivity contribution in [2.45, 2.75) is 26.8 Å². The van der Waals surface area contributed by atoms with E-state index in [9.17, 15) is 0 Å². The average molecular weight is 229 g/mol. The normalized spacial score (nSPS) is 11.2. The SMILES string of the molecule is C=CCn1c(CC(C)C)nc2cc(N)ccc21. The highest BCUT2D eigenvalue weighted by Crippen LogP contribution is 2.20. The zero-order chi connectivity index (χ0) is 12.4. The van der Waals surface area contributed by atoms with E-state index < -0.39 is 0 Å². The first-order valence-electron chi connectivity index (χ1n) is 5.97. The van der Waals surface area contributed by atoms with Crippen LogP contribution in [-0.2, 0) is 13.0 Å². The van der Waals surface area contributed by atoms with Crippen molar-refractivity contribution in [1.29, 1.82) is 0 Å². The molecule has 3 nitrogen and oxygen atoms in total. The van der Waals surface area contributed by atoms with Crippen LogP contribution in [-0.4, -0.2) is 9.55 Å². The van der Waals surface area contributed by atoms with Gasteiger partial charge in [0.15, 0.2) is 0 Å². The Morgan fingerprint density at radius 1 is 1.47 bits per heavy atom. The summed E-state index contributed by atoms with van der Waals surface area (Å²) in [5, 5.41) is 0. The van der Waals surface area contributed by atoms with Gasteiger partial charge >= 0.3 is 0 Å². The topological polar surface area (TPSA) is 43.8 Å². The molecule has 17 heavy (non-hydrogen) atoms. The predicted molar refractivity (Wildman–Crippen MR) is 72.9 cm³/mol. The summed E-state index contributed by atoms with van der Waals surface area (Å²) in [5.74, 6) is 1.70. The molecule has 2 N–H and O–H groups in total. The lowest BCUT2D eigenvalue weighted by Crippen LogP contribution is -2.05. The van der Waals surface area contributed by atoms with E-state index in [1.807, 2.05) is 24.3 Å². The third-order valence-corrected chi connectivity index (χ3v) is 2.75. The summed E-state index contributed by atoms with van der Waals surface area (Å²) < 4.78 is 2.21. The van der Waals surface area contributed by atoms with Gasteiger partial charge in [-0.15, -0.1) is 6.58 Å². The molecule has 1 aromatic heterocycles. The minimum absolute atomic E-state index is 0.590. The zero-order valence-corrected chi connectivity index (χ0v) is 10.5. The molecule has 0 unspecified atom stereocenters. The van der Waals surface area contributed by atoms with Crippen molar-refractivity contribution in [2.24, 2.45) is 5.92 Å². The Labute approximate surface area is 102 Å². The second-order valence-corrected chi connectivity index (χ2v) is 4.77. The molecule has 0 amide bonds. The Hall–Kier alpha value is -1.77. The Morgan fingerprint density at radius 2 is 2.24 bits per heavy atom. The lowest BCUT2D eigenvalue weighted by Gasteiger charge is -2.08. The first kappa shape index (κ1) is 11.7. The Bertz CT molecular complexity index is 538. The van der Waals surface area contributed by atoms with E-state index in [1.54, 1.807) is 0 Å². The molecule has 0 aliphatic carbocycles. The number of fused-ring (bicyclic) bond motifs is 1. The molecule has 3 heteroatoms. The van der Waals surface area contributed by atoms with Crippen molar-refractivity contribution in [3.8, 4) is 0 Å². The third kappa shape index (κ3) is 2.33. The van der Waals surface area contributed by atoms with Crippen LogP contribution < -0.4 is 5.73 Å². The van der Waals surface area contributed by atoms with Crippen LogP contribution in [0.5, 0.6) is 0 Å². The summed E-state index contributed by atoms with van der Waals surface area (Å²) in [5.41, 5.74) is 8.66. The van der Waals surface area contributed by atoms with E-state index in [0.29, 0.717) is 5.92 Å². The Balaban J connectivity index is 2.56. The summed E-state index contributed by atoms with van der Waals surface area (Å²) in [4.78, 5) is 4.67. The lowest BCUT2D eigenvalue weighted by molar-refractivity contribution is 0.597. The molecule has 0 bridgehead atoms. The standard InChI is InChI=1S/C14H19N3/c1-4-7-17-13-6-5-11(15)9-12(13)16-14(17)8-10(2)3/h4-6,9-10H,1,7-8,15H2,2-3H3. The molecular weight excluding hydrogens is 210 g/mol. The fourth-order valence-corrected chi connectivity index (χ4v) is 2.05. The molecule has 2 aromatic rings. The van der Waals surface area contributed by atoms with Crippen LogP contribution in [0.1, 0.15) is 19.7 Å². The molecule has 0 fully saturated rings. The molecule has 0 atom stereocenters. The summed E-state index contributed by atoms with van der Waals surface area (Å²) in [7, 11) is 0. The van der Waals surface area contributed by atoms with E-state index >= 15 is 0 Å². The summed E-state index contributed by atoms with van der Waals surface area (Å²) >= 11 is 0. The number of nitrogens with two attached hydrogens (primary N) is 1. The smallest absolute Gasteiger partial charge is 0.110 e. The number of imidazole rings is 1. The number of hydrogen-bond donors (Lipinski definition) is 1. The molecular formula is C14H19N3. The van der Waals surface area contributed by atoms with Crippen molar-refractivity contribution in [3.05, 3.63) is 36.7 Å². The van der Waals surface area contributed by atoms with Crippen molar-refractivity contribution < 1.29 is 0 Å². The Kier molecular flexibility index (Phi) is 3.18. The second-order valence-electron chi connectivity index (χ2n) is 4.77. The molecule has 0 aliphatic heterocycles. The molecule has 0 saturated heterocycles. The number of rotatable bonds is 4. The van der Waals surface area contributed by atoms with Gasteiger partial charge in [-0.3, -0.25) is 0 Å². The number of nitrogen functional groups attached to an aromatic ring is 1. The van der Waals surface area contributed by atoms with Gasteiger partial charge in [0.2, 0.25) is 0 Å². The number of allylic oxidation sites excluding steroid dienone is 1. The van der Waals surface area contributed by atoms with Gasteiger partial charge in [0, 0.05) is 18.7 Å². The van der Waals surface area contributed by atoms with Crippen molar-refractivity contribution in [2.75, 3.05) is 5.73 Å². The van der Waals surface area contributed by atoms with E-state index in [0.717, 1.165) is 35.5 Å². The largest absolute Gasteiger partial charge is 0.399 e. The quantitative estimate of drug-likeness (QED) is 0.647. The first-order valence-corrected chi connectivity index (χ1v) is 5.97. The molecule has 90 valence electrons. The number of hydrogen-bond acceptors (Lipinski definition) is 2. The van der Waals surface area contributed by atoms with Gasteiger partial charge in [0.1, 0.15) is 5.82 Å². The van der Waals surface area contributed by atoms with Crippen molar-refractivity contribution >= 4 is 16.7 Å². The van der Waals surface area contributed by atoms with Crippen LogP contribution in [0.3, 0.4) is 0 Å². The summed E-state index contributed by atoms with van der Waals surface area (Å²) in [6.07, 6.45) is 2.88. The summed E-state index contributed by atoms with van der Waals surface area (Å²) in [6.45, 7) is 9.00. The maximum atomic E-state index is 5.79. The van der Waals surface area contributed by atoms with E-state index in [2.05, 4.69) is 30.0 Å². The third-order valence-electron chi connectivity index (χ3n) is 2.75. The predicted octanol–water partition coefficient (Wildman–Crippen LogP) is 3.00.